The van der Waals surface area contributed by atoms with Gasteiger partial charge in [-0.25, -0.2) is 0 Å². The molecule has 0 aromatic carbocycles. The van der Waals surface area contributed by atoms with Gasteiger partial charge < -0.3 is 10.4 Å². The van der Waals surface area contributed by atoms with E-state index in [0.29, 0.717) is 12.6 Å². The average molecular weight is 227 g/mol. The fourth-order valence-corrected chi connectivity index (χ4v) is 2.84. The van der Waals surface area contributed by atoms with Crippen molar-refractivity contribution >= 4 is 0 Å². The molecule has 1 rings (SSSR count). The molecule has 1 atom stereocenters. The van der Waals surface area contributed by atoms with E-state index in [4.69, 9.17) is 5.11 Å². The minimum Gasteiger partial charge on any atom is -0.396 e. The van der Waals surface area contributed by atoms with Gasteiger partial charge in [-0.15, -0.1) is 0 Å². The molecule has 0 saturated heterocycles. The summed E-state index contributed by atoms with van der Waals surface area (Å²) in [5.74, 6) is 1.80. The maximum absolute atomic E-state index is 8.79. The molecule has 0 bridgehead atoms. The minimum absolute atomic E-state index is 0.326. The lowest BCUT2D eigenvalue weighted by Crippen LogP contribution is -2.39. The zero-order valence-corrected chi connectivity index (χ0v) is 11.2. The van der Waals surface area contributed by atoms with E-state index in [-0.39, 0.29) is 0 Å². The van der Waals surface area contributed by atoms with E-state index < -0.39 is 0 Å². The molecule has 1 aliphatic carbocycles. The number of aliphatic hydroxyl groups is 1. The average Bonchev–Trinajstić information content (AvgIpc) is 2.27. The molecule has 2 N–H and O–H groups in total. The highest BCUT2D eigenvalue weighted by atomic mass is 16.2. The zero-order valence-electron chi connectivity index (χ0n) is 11.2. The molecule has 1 unspecified atom stereocenters. The van der Waals surface area contributed by atoms with Crippen molar-refractivity contribution in [3.63, 3.8) is 0 Å². The SMILES string of the molecule is CC(CCCO)NC1CCC(C(C)C)CC1. The van der Waals surface area contributed by atoms with Gasteiger partial charge in [0.2, 0.25) is 0 Å². The summed E-state index contributed by atoms with van der Waals surface area (Å²) in [7, 11) is 0. The van der Waals surface area contributed by atoms with Gasteiger partial charge in [-0.3, -0.25) is 0 Å². The van der Waals surface area contributed by atoms with Gasteiger partial charge in [-0.1, -0.05) is 13.8 Å². The Kier molecular flexibility index (Phi) is 6.37. The van der Waals surface area contributed by atoms with Gasteiger partial charge in [0.25, 0.3) is 0 Å². The number of hydrogen-bond donors (Lipinski definition) is 2. The molecule has 1 aliphatic rings. The van der Waals surface area contributed by atoms with Crippen LogP contribution in [0.2, 0.25) is 0 Å². The molecule has 0 heterocycles. The highest BCUT2D eigenvalue weighted by Crippen LogP contribution is 2.30. The summed E-state index contributed by atoms with van der Waals surface area (Å²) in [6.07, 6.45) is 7.48. The molecule has 1 fully saturated rings. The first-order valence-electron chi connectivity index (χ1n) is 7.00. The van der Waals surface area contributed by atoms with Crippen molar-refractivity contribution in [2.45, 2.75) is 71.4 Å². The number of nitrogens with one attached hydrogen (secondary N) is 1. The lowest BCUT2D eigenvalue weighted by atomic mass is 9.79. The number of aliphatic hydroxyl groups excluding tert-OH is 1. The summed E-state index contributed by atoms with van der Waals surface area (Å²) < 4.78 is 0. The smallest absolute Gasteiger partial charge is 0.0431 e. The molecule has 0 amide bonds. The first kappa shape index (κ1) is 14.0. The normalized spacial score (nSPS) is 28.3. The Morgan fingerprint density at radius 3 is 2.25 bits per heavy atom. The van der Waals surface area contributed by atoms with Crippen LogP contribution in [-0.4, -0.2) is 23.8 Å². The maximum atomic E-state index is 8.79. The van der Waals surface area contributed by atoms with Crippen molar-refractivity contribution in [2.75, 3.05) is 6.61 Å². The van der Waals surface area contributed by atoms with Crippen LogP contribution in [0.25, 0.3) is 0 Å². The summed E-state index contributed by atoms with van der Waals surface area (Å²) in [6, 6.07) is 1.29. The van der Waals surface area contributed by atoms with Crippen LogP contribution in [0.5, 0.6) is 0 Å². The van der Waals surface area contributed by atoms with Crippen LogP contribution in [-0.2, 0) is 0 Å². The van der Waals surface area contributed by atoms with Gasteiger partial charge >= 0.3 is 0 Å². The van der Waals surface area contributed by atoms with Gasteiger partial charge in [0.05, 0.1) is 0 Å². The van der Waals surface area contributed by atoms with E-state index in [2.05, 4.69) is 26.1 Å². The van der Waals surface area contributed by atoms with Gasteiger partial charge in [0, 0.05) is 18.7 Å². The van der Waals surface area contributed by atoms with E-state index >= 15 is 0 Å². The molecule has 0 aromatic rings. The van der Waals surface area contributed by atoms with Crippen molar-refractivity contribution in [1.82, 2.24) is 5.32 Å². The van der Waals surface area contributed by atoms with Crippen molar-refractivity contribution < 1.29 is 5.11 Å². The van der Waals surface area contributed by atoms with Crippen LogP contribution in [0.15, 0.2) is 0 Å². The predicted octanol–water partition coefficient (Wildman–Crippen LogP) is 2.95. The third-order valence-electron chi connectivity index (χ3n) is 4.03. The van der Waals surface area contributed by atoms with Crippen molar-refractivity contribution in [1.29, 1.82) is 0 Å². The van der Waals surface area contributed by atoms with Crippen LogP contribution in [0.3, 0.4) is 0 Å². The Balaban J connectivity index is 2.16. The van der Waals surface area contributed by atoms with Crippen molar-refractivity contribution in [3.05, 3.63) is 0 Å². The fraction of sp³-hybridized carbons (Fsp3) is 1.00. The molecule has 96 valence electrons. The van der Waals surface area contributed by atoms with E-state index in [9.17, 15) is 0 Å². The van der Waals surface area contributed by atoms with Crippen molar-refractivity contribution in [2.24, 2.45) is 11.8 Å². The fourth-order valence-electron chi connectivity index (χ4n) is 2.84. The topological polar surface area (TPSA) is 32.3 Å². The third-order valence-corrected chi connectivity index (χ3v) is 4.03. The number of hydrogen-bond acceptors (Lipinski definition) is 2. The zero-order chi connectivity index (χ0) is 12.0. The first-order valence-corrected chi connectivity index (χ1v) is 7.00. The van der Waals surface area contributed by atoms with Crippen LogP contribution in [0.1, 0.15) is 59.3 Å². The molecular formula is C14H29NO. The molecule has 2 nitrogen and oxygen atoms in total. The highest BCUT2D eigenvalue weighted by Gasteiger charge is 2.23. The Bertz CT molecular complexity index is 174. The Morgan fingerprint density at radius 1 is 1.12 bits per heavy atom. The maximum Gasteiger partial charge on any atom is 0.0431 e. The van der Waals surface area contributed by atoms with Crippen LogP contribution < -0.4 is 5.32 Å². The Labute approximate surface area is 101 Å². The summed E-state index contributed by atoms with van der Waals surface area (Å²) >= 11 is 0. The lowest BCUT2D eigenvalue weighted by molar-refractivity contribution is 0.223. The molecule has 0 aliphatic heterocycles. The quantitative estimate of drug-likeness (QED) is 0.731. The van der Waals surface area contributed by atoms with Gasteiger partial charge in [-0.05, 0) is 57.3 Å². The molecule has 1 saturated carbocycles. The van der Waals surface area contributed by atoms with Crippen LogP contribution in [0, 0.1) is 11.8 Å². The molecule has 2 heteroatoms. The van der Waals surface area contributed by atoms with Crippen LogP contribution in [0.4, 0.5) is 0 Å². The van der Waals surface area contributed by atoms with E-state index in [1.165, 1.54) is 25.7 Å². The second kappa shape index (κ2) is 7.29. The van der Waals surface area contributed by atoms with E-state index in [1.54, 1.807) is 0 Å². The van der Waals surface area contributed by atoms with Gasteiger partial charge in [0.15, 0.2) is 0 Å². The summed E-state index contributed by atoms with van der Waals surface area (Å²) in [5, 5.41) is 12.5. The largest absolute Gasteiger partial charge is 0.396 e. The Morgan fingerprint density at radius 2 is 1.75 bits per heavy atom. The first-order chi connectivity index (χ1) is 7.63. The standard InChI is InChI=1S/C14H29NO/c1-11(2)13-6-8-14(9-7-13)15-12(3)5-4-10-16/h11-16H,4-10H2,1-3H3. The summed E-state index contributed by atoms with van der Waals surface area (Å²) in [4.78, 5) is 0. The second-order valence-electron chi connectivity index (χ2n) is 5.79. The summed E-state index contributed by atoms with van der Waals surface area (Å²) in [6.45, 7) is 7.26. The van der Waals surface area contributed by atoms with Gasteiger partial charge in [0.1, 0.15) is 0 Å². The molecule has 16 heavy (non-hydrogen) atoms. The molecule has 0 radical (unpaired) electrons. The number of rotatable bonds is 6. The highest BCUT2D eigenvalue weighted by molar-refractivity contribution is 4.80. The molecule has 0 aromatic heterocycles. The van der Waals surface area contributed by atoms with Crippen molar-refractivity contribution in [3.8, 4) is 0 Å². The van der Waals surface area contributed by atoms with E-state index in [0.717, 1.165) is 30.7 Å². The molecule has 0 spiro atoms. The van der Waals surface area contributed by atoms with Gasteiger partial charge in [-0.2, -0.15) is 0 Å². The van der Waals surface area contributed by atoms with Crippen LogP contribution >= 0.6 is 0 Å². The monoisotopic (exact) mass is 227 g/mol. The minimum atomic E-state index is 0.326. The third kappa shape index (κ3) is 4.84. The predicted molar refractivity (Wildman–Crippen MR) is 69.5 cm³/mol. The Hall–Kier alpha value is -0.0800. The lowest BCUT2D eigenvalue weighted by Gasteiger charge is -2.33. The molecular weight excluding hydrogens is 198 g/mol. The summed E-state index contributed by atoms with van der Waals surface area (Å²) in [5.41, 5.74) is 0. The second-order valence-corrected chi connectivity index (χ2v) is 5.79. The van der Waals surface area contributed by atoms with E-state index in [1.807, 2.05) is 0 Å².